The molecule has 2 aromatic rings. The fourth-order valence-corrected chi connectivity index (χ4v) is 3.19. The van der Waals surface area contributed by atoms with Crippen molar-refractivity contribution in [3.05, 3.63) is 36.5 Å². The van der Waals surface area contributed by atoms with Crippen LogP contribution in [0.15, 0.2) is 35.2 Å². The summed E-state index contributed by atoms with van der Waals surface area (Å²) in [4.78, 5) is 34.2. The normalized spacial score (nSPS) is 22.2. The predicted molar refractivity (Wildman–Crippen MR) is 101 cm³/mol. The van der Waals surface area contributed by atoms with Crippen LogP contribution in [0.4, 0.5) is 4.79 Å². The van der Waals surface area contributed by atoms with Crippen molar-refractivity contribution in [3.63, 3.8) is 0 Å². The highest BCUT2D eigenvalue weighted by molar-refractivity contribution is 7.10. The van der Waals surface area contributed by atoms with Crippen LogP contribution in [0, 0.1) is 0 Å². The minimum absolute atomic E-state index is 0.0647. The molecule has 1 saturated heterocycles. The van der Waals surface area contributed by atoms with Crippen LogP contribution in [-0.4, -0.2) is 50.2 Å². The van der Waals surface area contributed by atoms with Crippen molar-refractivity contribution in [2.75, 3.05) is 6.54 Å². The molecule has 0 aromatic carbocycles. The number of aliphatic hydroxyl groups is 1. The highest BCUT2D eigenvalue weighted by Crippen LogP contribution is 2.37. The lowest BCUT2D eigenvalue weighted by molar-refractivity contribution is -0.138. The molecule has 1 unspecified atom stereocenters. The summed E-state index contributed by atoms with van der Waals surface area (Å²) in [5, 5.41) is 11.2. The summed E-state index contributed by atoms with van der Waals surface area (Å²) < 4.78 is 15.3. The van der Waals surface area contributed by atoms with Gasteiger partial charge in [0.2, 0.25) is 5.89 Å². The van der Waals surface area contributed by atoms with E-state index < -0.39 is 29.3 Å². The van der Waals surface area contributed by atoms with Gasteiger partial charge in [-0.3, -0.25) is 9.88 Å². The zero-order valence-electron chi connectivity index (χ0n) is 15.8. The smallest absolute Gasteiger partial charge is 0.411 e. The van der Waals surface area contributed by atoms with Crippen molar-refractivity contribution >= 4 is 21.5 Å². The van der Waals surface area contributed by atoms with E-state index in [1.54, 1.807) is 32.9 Å². The minimum atomic E-state index is -1.53. The Morgan fingerprint density at radius 3 is 2.64 bits per heavy atom. The Morgan fingerprint density at radius 2 is 2.11 bits per heavy atom. The number of amides is 1. The molecule has 3 atom stereocenters. The third kappa shape index (κ3) is 4.15. The number of likely N-dealkylation sites (tertiary alicyclic amines) is 1. The van der Waals surface area contributed by atoms with Gasteiger partial charge in [0.05, 0.1) is 33.5 Å². The molecule has 10 heteroatoms. The maximum atomic E-state index is 12.6. The second-order valence-corrected chi connectivity index (χ2v) is 7.80. The number of rotatable bonds is 3. The molecule has 28 heavy (non-hydrogen) atoms. The molecule has 0 bridgehead atoms. The highest BCUT2D eigenvalue weighted by atomic mass is 31.0. The lowest BCUT2D eigenvalue weighted by Crippen LogP contribution is -2.44. The second kappa shape index (κ2) is 7.48. The van der Waals surface area contributed by atoms with Crippen LogP contribution in [0.1, 0.15) is 32.9 Å². The molecule has 1 N–H and O–H groups in total. The number of hydrogen-bond acceptors (Lipinski definition) is 8. The Labute approximate surface area is 164 Å². The van der Waals surface area contributed by atoms with Crippen LogP contribution in [0.3, 0.4) is 0 Å². The second-order valence-electron chi connectivity index (χ2n) is 7.57. The maximum absolute atomic E-state index is 12.6. The number of nitrogens with zero attached hydrogens (tertiary/aromatic N) is 3. The Morgan fingerprint density at radius 1 is 1.36 bits per heavy atom. The molecule has 3 heterocycles. The van der Waals surface area contributed by atoms with E-state index >= 15 is 0 Å². The van der Waals surface area contributed by atoms with E-state index in [4.69, 9.17) is 13.7 Å². The number of carbonyl (C=O) groups excluding carboxylic acids is 2. The number of hydrogen-bond donors (Lipinski definition) is 1. The van der Waals surface area contributed by atoms with E-state index in [-0.39, 0.29) is 13.0 Å². The molecule has 1 aliphatic heterocycles. The van der Waals surface area contributed by atoms with E-state index in [2.05, 4.69) is 9.97 Å². The first-order chi connectivity index (χ1) is 13.1. The minimum Gasteiger partial charge on any atom is -0.450 e. The average molecular weight is 407 g/mol. The zero-order chi connectivity index (χ0) is 20.5. The van der Waals surface area contributed by atoms with Crippen molar-refractivity contribution in [1.29, 1.82) is 0 Å². The topological polar surface area (TPSA) is 115 Å². The average Bonchev–Trinajstić information content (AvgIpc) is 3.28. The Hall–Kier alpha value is -2.51. The van der Waals surface area contributed by atoms with E-state index in [0.717, 1.165) is 0 Å². The monoisotopic (exact) mass is 407 g/mol. The molecular weight excluding hydrogens is 385 g/mol. The first-order valence-electron chi connectivity index (χ1n) is 8.62. The number of oxazole rings is 1. The summed E-state index contributed by atoms with van der Waals surface area (Å²) in [7, 11) is 1.86. The fourth-order valence-electron chi connectivity index (χ4n) is 3.04. The van der Waals surface area contributed by atoms with Gasteiger partial charge in [0, 0.05) is 12.6 Å². The summed E-state index contributed by atoms with van der Waals surface area (Å²) in [6, 6.07) is 2.32. The Kier molecular flexibility index (Phi) is 5.41. The number of β-amino-alcohol motifs (C(OH)–C–C–N with tert-alkyl or cyclic N) is 1. The third-order valence-electron chi connectivity index (χ3n) is 4.27. The first kappa shape index (κ1) is 20.2. The maximum Gasteiger partial charge on any atom is 0.411 e. The SMILES string of the molecule is CC(C)(C)OC(=O)N1C[C@](O)(c2ccc(-c3ncco3)cn2)C[C@H]1C(=O)OP. The summed E-state index contributed by atoms with van der Waals surface area (Å²) in [5.74, 6) is -0.263. The molecule has 0 spiro atoms. The van der Waals surface area contributed by atoms with Crippen LogP contribution in [0.2, 0.25) is 0 Å². The van der Waals surface area contributed by atoms with Gasteiger partial charge in [-0.25, -0.2) is 14.6 Å². The molecule has 3 rings (SSSR count). The van der Waals surface area contributed by atoms with Crippen LogP contribution in [-0.2, 0) is 19.7 Å². The van der Waals surface area contributed by atoms with Gasteiger partial charge in [0.1, 0.15) is 23.5 Å². The molecule has 2 aromatic heterocycles. The van der Waals surface area contributed by atoms with Crippen LogP contribution in [0.5, 0.6) is 0 Å². The van der Waals surface area contributed by atoms with Crippen molar-refractivity contribution in [2.24, 2.45) is 0 Å². The largest absolute Gasteiger partial charge is 0.450 e. The van der Waals surface area contributed by atoms with E-state index in [9.17, 15) is 14.7 Å². The molecular formula is C18H22N3O6P. The molecule has 1 fully saturated rings. The van der Waals surface area contributed by atoms with Crippen LogP contribution >= 0.6 is 9.47 Å². The standard InChI is InChI=1S/C18H22N3O6P/c1-17(2,3)26-16(23)21-10-18(24,8-12(21)15(22)27-28)13-5-4-11(9-20-13)14-19-6-7-25-14/h4-7,9,12,24H,8,10,28H2,1-3H3/t12-,18-/m0/s1. The van der Waals surface area contributed by atoms with Gasteiger partial charge in [0.15, 0.2) is 0 Å². The highest BCUT2D eigenvalue weighted by Gasteiger charge is 2.51. The molecule has 1 aliphatic rings. The summed E-state index contributed by atoms with van der Waals surface area (Å²) >= 11 is 0. The number of aromatic nitrogens is 2. The van der Waals surface area contributed by atoms with Gasteiger partial charge in [-0.15, -0.1) is 0 Å². The predicted octanol–water partition coefficient (Wildman–Crippen LogP) is 2.27. The van der Waals surface area contributed by atoms with Crippen molar-refractivity contribution in [1.82, 2.24) is 14.9 Å². The number of carbonyl (C=O) groups is 2. The molecule has 1 amide bonds. The van der Waals surface area contributed by atoms with Gasteiger partial charge in [-0.05, 0) is 32.9 Å². The van der Waals surface area contributed by atoms with E-state index in [1.165, 1.54) is 23.6 Å². The number of pyridine rings is 1. The van der Waals surface area contributed by atoms with Crippen molar-refractivity contribution in [2.45, 2.75) is 44.4 Å². The Balaban J connectivity index is 1.86. The molecule has 0 saturated carbocycles. The van der Waals surface area contributed by atoms with Gasteiger partial charge >= 0.3 is 12.1 Å². The van der Waals surface area contributed by atoms with E-state index in [1.807, 2.05) is 9.47 Å². The summed E-state index contributed by atoms with van der Waals surface area (Å²) in [6.07, 6.45) is 3.71. The quantitative estimate of drug-likeness (QED) is 0.771. The first-order valence-corrected chi connectivity index (χ1v) is 9.09. The van der Waals surface area contributed by atoms with Gasteiger partial charge < -0.3 is 18.8 Å². The van der Waals surface area contributed by atoms with Crippen LogP contribution < -0.4 is 0 Å². The van der Waals surface area contributed by atoms with E-state index in [0.29, 0.717) is 17.1 Å². The lowest BCUT2D eigenvalue weighted by Gasteiger charge is -2.27. The zero-order valence-corrected chi connectivity index (χ0v) is 16.9. The number of ether oxygens (including phenoxy) is 1. The molecule has 0 aliphatic carbocycles. The third-order valence-corrected chi connectivity index (χ3v) is 4.51. The fraction of sp³-hybridized carbons (Fsp3) is 0.444. The molecule has 9 nitrogen and oxygen atoms in total. The van der Waals surface area contributed by atoms with Crippen molar-refractivity contribution < 1.29 is 28.4 Å². The molecule has 0 radical (unpaired) electrons. The summed E-state index contributed by atoms with van der Waals surface area (Å²) in [6.45, 7) is 5.01. The summed E-state index contributed by atoms with van der Waals surface area (Å²) in [5.41, 5.74) is -1.32. The van der Waals surface area contributed by atoms with Crippen molar-refractivity contribution in [3.8, 4) is 11.5 Å². The molecule has 150 valence electrons. The van der Waals surface area contributed by atoms with Gasteiger partial charge in [-0.2, -0.15) is 0 Å². The van der Waals surface area contributed by atoms with Gasteiger partial charge in [-0.1, -0.05) is 0 Å². The van der Waals surface area contributed by atoms with Crippen LogP contribution in [0.25, 0.3) is 11.5 Å². The Bertz CT molecular complexity index is 849. The lowest BCUT2D eigenvalue weighted by atomic mass is 9.95. The van der Waals surface area contributed by atoms with Gasteiger partial charge in [0.25, 0.3) is 0 Å².